The van der Waals surface area contributed by atoms with Crippen LogP contribution in [0.2, 0.25) is 0 Å². The molecular weight excluding hydrogens is 296 g/mol. The van der Waals surface area contributed by atoms with Gasteiger partial charge in [-0.05, 0) is 54.4 Å². The molecule has 1 aromatic rings. The molecule has 0 bridgehead atoms. The van der Waals surface area contributed by atoms with Crippen molar-refractivity contribution in [3.63, 3.8) is 0 Å². The predicted molar refractivity (Wildman–Crippen MR) is 72.8 cm³/mol. The van der Waals surface area contributed by atoms with Crippen molar-refractivity contribution in [2.45, 2.75) is 20.3 Å². The number of nitrogen functional groups attached to an aromatic ring is 1. The van der Waals surface area contributed by atoms with E-state index in [0.717, 1.165) is 4.47 Å². The molecular formula is C13H15BrN2O2. The number of halogens is 1. The van der Waals surface area contributed by atoms with Gasteiger partial charge in [-0.2, -0.15) is 5.26 Å². The number of carbonyl (C=O) groups excluding carboxylic acids is 1. The number of nitrogens with zero attached hydrogens (tertiary/aromatic N) is 1. The van der Waals surface area contributed by atoms with Crippen molar-refractivity contribution < 1.29 is 9.53 Å². The monoisotopic (exact) mass is 310 g/mol. The molecule has 0 saturated carbocycles. The van der Waals surface area contributed by atoms with E-state index < -0.39 is 11.4 Å². The molecule has 5 heteroatoms. The summed E-state index contributed by atoms with van der Waals surface area (Å²) in [7, 11) is 0. The van der Waals surface area contributed by atoms with E-state index in [1.165, 1.54) is 0 Å². The summed E-state index contributed by atoms with van der Waals surface area (Å²) in [6, 6.07) is 7.05. The van der Waals surface area contributed by atoms with Gasteiger partial charge in [-0.1, -0.05) is 0 Å². The number of carbonyl (C=O) groups is 1. The molecule has 0 atom stereocenters. The topological polar surface area (TPSA) is 76.1 Å². The van der Waals surface area contributed by atoms with Crippen LogP contribution in [0.1, 0.15) is 30.6 Å². The highest BCUT2D eigenvalue weighted by molar-refractivity contribution is 9.10. The second kappa shape index (κ2) is 5.87. The van der Waals surface area contributed by atoms with Gasteiger partial charge in [0.2, 0.25) is 0 Å². The highest BCUT2D eigenvalue weighted by atomic mass is 79.9. The van der Waals surface area contributed by atoms with Crippen LogP contribution in [0.5, 0.6) is 0 Å². The lowest BCUT2D eigenvalue weighted by atomic mass is 9.92. The van der Waals surface area contributed by atoms with Gasteiger partial charge >= 0.3 is 5.97 Å². The maximum atomic E-state index is 11.7. The van der Waals surface area contributed by atoms with Gasteiger partial charge in [0.05, 0.1) is 23.7 Å². The van der Waals surface area contributed by atoms with Crippen molar-refractivity contribution in [1.82, 2.24) is 0 Å². The lowest BCUT2D eigenvalue weighted by Crippen LogP contribution is -2.14. The van der Waals surface area contributed by atoms with Crippen LogP contribution in [0.15, 0.2) is 22.7 Å². The highest BCUT2D eigenvalue weighted by Crippen LogP contribution is 2.21. The van der Waals surface area contributed by atoms with Crippen LogP contribution < -0.4 is 5.73 Å². The first-order valence-electron chi connectivity index (χ1n) is 5.49. The van der Waals surface area contributed by atoms with Gasteiger partial charge in [-0.15, -0.1) is 0 Å². The summed E-state index contributed by atoms with van der Waals surface area (Å²) < 4.78 is 5.84. The Bertz CT molecular complexity index is 492. The van der Waals surface area contributed by atoms with E-state index in [1.54, 1.807) is 32.0 Å². The fraction of sp³-hybridized carbons (Fsp3) is 0.385. The minimum atomic E-state index is -0.487. The molecule has 18 heavy (non-hydrogen) atoms. The Labute approximate surface area is 115 Å². The second-order valence-electron chi connectivity index (χ2n) is 4.62. The largest absolute Gasteiger partial charge is 0.462 e. The first-order chi connectivity index (χ1) is 8.35. The van der Waals surface area contributed by atoms with Crippen LogP contribution in [0, 0.1) is 16.7 Å². The van der Waals surface area contributed by atoms with Gasteiger partial charge in [0.1, 0.15) is 0 Å². The zero-order valence-electron chi connectivity index (χ0n) is 10.4. The maximum Gasteiger partial charge on any atom is 0.338 e. The number of hydrogen-bond acceptors (Lipinski definition) is 4. The second-order valence-corrected chi connectivity index (χ2v) is 5.47. The summed E-state index contributed by atoms with van der Waals surface area (Å²) in [4.78, 5) is 11.7. The SMILES string of the molecule is CC(C)(C#N)CCOC(=O)c1ccc(Br)c(N)c1. The molecule has 0 aromatic heterocycles. The molecule has 0 amide bonds. The van der Waals surface area contributed by atoms with Gasteiger partial charge in [0.25, 0.3) is 0 Å². The smallest absolute Gasteiger partial charge is 0.338 e. The zero-order chi connectivity index (χ0) is 13.8. The quantitative estimate of drug-likeness (QED) is 0.684. The molecule has 0 aliphatic heterocycles. The lowest BCUT2D eigenvalue weighted by molar-refractivity contribution is 0.0475. The van der Waals surface area contributed by atoms with Crippen molar-refractivity contribution in [2.75, 3.05) is 12.3 Å². The molecule has 96 valence electrons. The van der Waals surface area contributed by atoms with Gasteiger partial charge in [0.15, 0.2) is 0 Å². The number of esters is 1. The lowest BCUT2D eigenvalue weighted by Gasteiger charge is -2.14. The van der Waals surface area contributed by atoms with Crippen molar-refractivity contribution in [2.24, 2.45) is 5.41 Å². The third kappa shape index (κ3) is 4.04. The Morgan fingerprint density at radius 3 is 2.78 bits per heavy atom. The van der Waals surface area contributed by atoms with E-state index >= 15 is 0 Å². The molecule has 0 unspecified atom stereocenters. The first kappa shape index (κ1) is 14.5. The number of nitrogens with two attached hydrogens (primary N) is 1. The van der Waals surface area contributed by atoms with Crippen LogP contribution in [0.25, 0.3) is 0 Å². The molecule has 0 heterocycles. The minimum absolute atomic E-state index is 0.218. The van der Waals surface area contributed by atoms with E-state index in [2.05, 4.69) is 22.0 Å². The average molecular weight is 311 g/mol. The van der Waals surface area contributed by atoms with E-state index in [0.29, 0.717) is 17.7 Å². The molecule has 0 aliphatic carbocycles. The Balaban J connectivity index is 2.56. The van der Waals surface area contributed by atoms with Crippen LogP contribution in [0.4, 0.5) is 5.69 Å². The third-order valence-electron chi connectivity index (χ3n) is 2.49. The first-order valence-corrected chi connectivity index (χ1v) is 6.28. The molecule has 0 aliphatic rings. The number of anilines is 1. The highest BCUT2D eigenvalue weighted by Gasteiger charge is 2.17. The molecule has 0 spiro atoms. The zero-order valence-corrected chi connectivity index (χ0v) is 12.0. The fourth-order valence-electron chi connectivity index (χ4n) is 1.21. The fourth-order valence-corrected chi connectivity index (χ4v) is 1.46. The van der Waals surface area contributed by atoms with E-state index in [1.807, 2.05) is 0 Å². The van der Waals surface area contributed by atoms with Crippen molar-refractivity contribution in [3.8, 4) is 6.07 Å². The molecule has 1 rings (SSSR count). The van der Waals surface area contributed by atoms with Crippen LogP contribution >= 0.6 is 15.9 Å². The Morgan fingerprint density at radius 2 is 2.22 bits per heavy atom. The van der Waals surface area contributed by atoms with Gasteiger partial charge in [-0.3, -0.25) is 0 Å². The molecule has 1 aromatic carbocycles. The van der Waals surface area contributed by atoms with Gasteiger partial charge < -0.3 is 10.5 Å². The Hall–Kier alpha value is -1.54. The normalized spacial score (nSPS) is 10.8. The molecule has 0 saturated heterocycles. The standard InChI is InChI=1S/C13H15BrN2O2/c1-13(2,8-15)5-6-18-12(17)9-3-4-10(14)11(16)7-9/h3-4,7H,5-6,16H2,1-2H3. The van der Waals surface area contributed by atoms with Crippen LogP contribution in [-0.2, 0) is 4.74 Å². The van der Waals surface area contributed by atoms with Crippen molar-refractivity contribution in [3.05, 3.63) is 28.2 Å². The number of rotatable bonds is 4. The Morgan fingerprint density at radius 1 is 1.56 bits per heavy atom. The number of nitriles is 1. The number of ether oxygens (including phenoxy) is 1. The van der Waals surface area contributed by atoms with Gasteiger partial charge in [0, 0.05) is 10.2 Å². The summed E-state index contributed by atoms with van der Waals surface area (Å²) in [5.41, 5.74) is 6.09. The molecule has 0 radical (unpaired) electrons. The van der Waals surface area contributed by atoms with Crippen LogP contribution in [-0.4, -0.2) is 12.6 Å². The third-order valence-corrected chi connectivity index (χ3v) is 3.22. The minimum Gasteiger partial charge on any atom is -0.462 e. The summed E-state index contributed by atoms with van der Waals surface area (Å²) in [5, 5.41) is 8.83. The summed E-state index contributed by atoms with van der Waals surface area (Å²) >= 11 is 3.25. The predicted octanol–water partition coefficient (Wildman–Crippen LogP) is 3.13. The summed E-state index contributed by atoms with van der Waals surface area (Å²) in [6.45, 7) is 3.83. The Kier molecular flexibility index (Phi) is 4.74. The number of hydrogen-bond donors (Lipinski definition) is 1. The van der Waals surface area contributed by atoms with Gasteiger partial charge in [-0.25, -0.2) is 4.79 Å². The molecule has 2 N–H and O–H groups in total. The average Bonchev–Trinajstić information content (AvgIpc) is 2.32. The number of benzene rings is 1. The van der Waals surface area contributed by atoms with Crippen molar-refractivity contribution in [1.29, 1.82) is 5.26 Å². The molecule has 4 nitrogen and oxygen atoms in total. The van der Waals surface area contributed by atoms with E-state index in [-0.39, 0.29) is 6.61 Å². The van der Waals surface area contributed by atoms with Crippen LogP contribution in [0.3, 0.4) is 0 Å². The maximum absolute atomic E-state index is 11.7. The summed E-state index contributed by atoms with van der Waals surface area (Å²) in [6.07, 6.45) is 0.501. The summed E-state index contributed by atoms with van der Waals surface area (Å²) in [5.74, 6) is -0.428. The molecule has 0 fully saturated rings. The van der Waals surface area contributed by atoms with Crippen molar-refractivity contribution >= 4 is 27.6 Å². The van der Waals surface area contributed by atoms with E-state index in [9.17, 15) is 4.79 Å². The van der Waals surface area contributed by atoms with E-state index in [4.69, 9.17) is 15.7 Å².